The van der Waals surface area contributed by atoms with Crippen molar-refractivity contribution in [2.75, 3.05) is 12.4 Å². The quantitative estimate of drug-likeness (QED) is 0.609. The summed E-state index contributed by atoms with van der Waals surface area (Å²) in [7, 11) is 1.55. The molecule has 0 bridgehead atoms. The van der Waals surface area contributed by atoms with E-state index in [-0.39, 0.29) is 11.3 Å². The zero-order valence-corrected chi connectivity index (χ0v) is 13.9. The normalized spacial score (nSPS) is 10.0. The first-order valence-corrected chi connectivity index (χ1v) is 7.68. The van der Waals surface area contributed by atoms with Gasteiger partial charge in [-0.25, -0.2) is 4.98 Å². The number of aromatic nitrogens is 1. The number of hydrogen-bond donors (Lipinski definition) is 3. The van der Waals surface area contributed by atoms with E-state index in [9.17, 15) is 9.59 Å². The van der Waals surface area contributed by atoms with Gasteiger partial charge >= 0.3 is 5.91 Å². The van der Waals surface area contributed by atoms with E-state index in [0.29, 0.717) is 17.3 Å². The van der Waals surface area contributed by atoms with Crippen LogP contribution in [0.4, 0.5) is 11.5 Å². The molecular formula is C18H16N4O4. The summed E-state index contributed by atoms with van der Waals surface area (Å²) in [6.45, 7) is 0. The largest absolute Gasteiger partial charge is 0.495 e. The number of hydrazine groups is 1. The van der Waals surface area contributed by atoms with Gasteiger partial charge in [-0.15, -0.1) is 0 Å². The van der Waals surface area contributed by atoms with Crippen molar-refractivity contribution in [3.63, 3.8) is 0 Å². The number of anilines is 2. The smallest absolute Gasteiger partial charge is 0.305 e. The molecule has 2 amide bonds. The summed E-state index contributed by atoms with van der Waals surface area (Å²) in [5.41, 5.74) is 5.52. The monoisotopic (exact) mass is 352 g/mol. The second-order valence-corrected chi connectivity index (χ2v) is 5.11. The summed E-state index contributed by atoms with van der Waals surface area (Å²) in [6, 6.07) is 13.5. The second kappa shape index (κ2) is 7.84. The van der Waals surface area contributed by atoms with Crippen LogP contribution in [0.25, 0.3) is 0 Å². The minimum atomic E-state index is -0.563. The molecule has 3 aromatic rings. The minimum Gasteiger partial charge on any atom is -0.495 e. The fraction of sp³-hybridized carbons (Fsp3) is 0.0556. The lowest BCUT2D eigenvalue weighted by Crippen LogP contribution is -2.41. The Bertz CT molecular complexity index is 909. The lowest BCUT2D eigenvalue weighted by atomic mass is 10.2. The number of carbonyl (C=O) groups excluding carboxylic acids is 2. The predicted octanol–water partition coefficient (Wildman–Crippen LogP) is 2.50. The molecule has 2 heterocycles. The Morgan fingerprint density at radius 3 is 2.58 bits per heavy atom. The number of pyridine rings is 1. The molecule has 3 rings (SSSR count). The van der Waals surface area contributed by atoms with Gasteiger partial charge in [-0.3, -0.25) is 20.4 Å². The molecule has 0 aliphatic carbocycles. The first kappa shape index (κ1) is 17.0. The number of nitrogens with one attached hydrogen (secondary N) is 3. The summed E-state index contributed by atoms with van der Waals surface area (Å²) in [4.78, 5) is 28.4. The van der Waals surface area contributed by atoms with Crippen molar-refractivity contribution in [3.05, 3.63) is 72.3 Å². The molecule has 26 heavy (non-hydrogen) atoms. The van der Waals surface area contributed by atoms with E-state index in [1.54, 1.807) is 43.6 Å². The van der Waals surface area contributed by atoms with Crippen LogP contribution in [0.5, 0.6) is 5.75 Å². The molecule has 0 unspecified atom stereocenters. The topological polar surface area (TPSA) is 105 Å². The molecule has 0 radical (unpaired) electrons. The standard InChI is InChI=1S/C18H16N4O4/c1-25-14-8-3-2-7-13(14)20-16-12(6-4-10-19-16)17(23)21-22-18(24)15-9-5-11-26-15/h2-11H,1H3,(H,19,20)(H,21,23)(H,22,24). The zero-order valence-electron chi connectivity index (χ0n) is 13.9. The highest BCUT2D eigenvalue weighted by Crippen LogP contribution is 2.27. The van der Waals surface area contributed by atoms with E-state index < -0.39 is 11.8 Å². The molecule has 0 aliphatic heterocycles. The van der Waals surface area contributed by atoms with E-state index in [4.69, 9.17) is 9.15 Å². The summed E-state index contributed by atoms with van der Waals surface area (Å²) in [6.07, 6.45) is 2.92. The molecule has 8 nitrogen and oxygen atoms in total. The number of amides is 2. The van der Waals surface area contributed by atoms with Crippen molar-refractivity contribution in [2.45, 2.75) is 0 Å². The van der Waals surface area contributed by atoms with Gasteiger partial charge in [0.05, 0.1) is 24.6 Å². The van der Waals surface area contributed by atoms with Gasteiger partial charge in [0.1, 0.15) is 11.6 Å². The van der Waals surface area contributed by atoms with E-state index in [2.05, 4.69) is 21.2 Å². The molecule has 0 spiro atoms. The van der Waals surface area contributed by atoms with Gasteiger partial charge in [-0.1, -0.05) is 12.1 Å². The Morgan fingerprint density at radius 2 is 1.81 bits per heavy atom. The predicted molar refractivity (Wildman–Crippen MR) is 94.2 cm³/mol. The fourth-order valence-corrected chi connectivity index (χ4v) is 2.21. The first-order chi connectivity index (χ1) is 12.7. The third-order valence-corrected chi connectivity index (χ3v) is 3.45. The fourth-order valence-electron chi connectivity index (χ4n) is 2.21. The molecule has 0 fully saturated rings. The average Bonchev–Trinajstić information content (AvgIpc) is 3.21. The number of para-hydroxylation sites is 2. The molecule has 132 valence electrons. The Kier molecular flexibility index (Phi) is 5.14. The van der Waals surface area contributed by atoms with Gasteiger partial charge < -0.3 is 14.5 Å². The average molecular weight is 352 g/mol. The Morgan fingerprint density at radius 1 is 1.00 bits per heavy atom. The first-order valence-electron chi connectivity index (χ1n) is 7.68. The number of rotatable bonds is 5. The van der Waals surface area contributed by atoms with E-state index in [1.165, 1.54) is 12.3 Å². The zero-order chi connectivity index (χ0) is 18.4. The van der Waals surface area contributed by atoms with Crippen LogP contribution in [-0.4, -0.2) is 23.9 Å². The number of nitrogens with zero attached hydrogens (tertiary/aromatic N) is 1. The number of methoxy groups -OCH3 is 1. The maximum absolute atomic E-state index is 12.4. The van der Waals surface area contributed by atoms with E-state index >= 15 is 0 Å². The second-order valence-electron chi connectivity index (χ2n) is 5.11. The summed E-state index contributed by atoms with van der Waals surface area (Å²) in [5, 5.41) is 3.06. The number of benzene rings is 1. The van der Waals surface area contributed by atoms with Crippen LogP contribution in [0.3, 0.4) is 0 Å². The molecular weight excluding hydrogens is 336 g/mol. The molecule has 0 saturated heterocycles. The van der Waals surface area contributed by atoms with Crippen LogP contribution in [0, 0.1) is 0 Å². The third kappa shape index (κ3) is 3.81. The van der Waals surface area contributed by atoms with Crippen molar-refractivity contribution in [1.29, 1.82) is 0 Å². The van der Waals surface area contributed by atoms with Crippen LogP contribution in [-0.2, 0) is 0 Å². The SMILES string of the molecule is COc1ccccc1Nc1ncccc1C(=O)NNC(=O)c1ccco1. The van der Waals surface area contributed by atoms with Gasteiger partial charge in [-0.2, -0.15) is 0 Å². The van der Waals surface area contributed by atoms with E-state index in [1.807, 2.05) is 12.1 Å². The van der Waals surface area contributed by atoms with Gasteiger partial charge in [0.2, 0.25) is 0 Å². The maximum atomic E-state index is 12.4. The van der Waals surface area contributed by atoms with Crippen molar-refractivity contribution >= 4 is 23.3 Å². The van der Waals surface area contributed by atoms with Crippen molar-refractivity contribution in [1.82, 2.24) is 15.8 Å². The molecule has 8 heteroatoms. The van der Waals surface area contributed by atoms with E-state index in [0.717, 1.165) is 0 Å². The Balaban J connectivity index is 1.74. The highest BCUT2D eigenvalue weighted by molar-refractivity contribution is 6.01. The van der Waals surface area contributed by atoms with Crippen LogP contribution < -0.4 is 20.9 Å². The maximum Gasteiger partial charge on any atom is 0.305 e. The number of hydrogen-bond acceptors (Lipinski definition) is 6. The Hall–Kier alpha value is -3.81. The molecule has 0 saturated carbocycles. The molecule has 0 atom stereocenters. The number of ether oxygens (including phenoxy) is 1. The number of furan rings is 1. The molecule has 3 N–H and O–H groups in total. The minimum absolute atomic E-state index is 0.0869. The number of carbonyl (C=O) groups is 2. The van der Waals surface area contributed by atoms with Crippen molar-refractivity contribution < 1.29 is 18.7 Å². The lowest BCUT2D eigenvalue weighted by Gasteiger charge is -2.13. The molecule has 1 aromatic carbocycles. The van der Waals surface area contributed by atoms with Gasteiger partial charge in [-0.05, 0) is 36.4 Å². The summed E-state index contributed by atoms with van der Waals surface area (Å²) < 4.78 is 10.2. The van der Waals surface area contributed by atoms with Gasteiger partial charge in [0.25, 0.3) is 5.91 Å². The van der Waals surface area contributed by atoms with Crippen molar-refractivity contribution in [3.8, 4) is 5.75 Å². The van der Waals surface area contributed by atoms with Crippen LogP contribution >= 0.6 is 0 Å². The molecule has 2 aromatic heterocycles. The lowest BCUT2D eigenvalue weighted by molar-refractivity contribution is 0.0831. The molecule has 0 aliphatic rings. The van der Waals surface area contributed by atoms with Gasteiger partial charge in [0, 0.05) is 6.20 Å². The summed E-state index contributed by atoms with van der Waals surface area (Å²) in [5.74, 6) is -0.0804. The van der Waals surface area contributed by atoms with Gasteiger partial charge in [0.15, 0.2) is 5.76 Å². The van der Waals surface area contributed by atoms with Crippen LogP contribution in [0.15, 0.2) is 65.4 Å². The van der Waals surface area contributed by atoms with Crippen LogP contribution in [0.2, 0.25) is 0 Å². The van der Waals surface area contributed by atoms with Crippen LogP contribution in [0.1, 0.15) is 20.9 Å². The summed E-state index contributed by atoms with van der Waals surface area (Å²) >= 11 is 0. The highest BCUT2D eigenvalue weighted by Gasteiger charge is 2.15. The third-order valence-electron chi connectivity index (χ3n) is 3.45. The highest BCUT2D eigenvalue weighted by atomic mass is 16.5. The van der Waals surface area contributed by atoms with Crippen molar-refractivity contribution in [2.24, 2.45) is 0 Å². The Labute approximate surface area is 149 Å².